The fourth-order valence-electron chi connectivity index (χ4n) is 2.47. The van der Waals surface area contributed by atoms with Crippen LogP contribution >= 0.6 is 11.6 Å². The molecule has 3 heteroatoms. The summed E-state index contributed by atoms with van der Waals surface area (Å²) in [6, 6.07) is 9.84. The molecule has 1 aromatic carbocycles. The monoisotopic (exact) mass is 265 g/mol. The van der Waals surface area contributed by atoms with Crippen LogP contribution in [0.5, 0.6) is 0 Å². The summed E-state index contributed by atoms with van der Waals surface area (Å²) in [5.41, 5.74) is 0.866. The van der Waals surface area contributed by atoms with Crippen LogP contribution in [0.2, 0.25) is 0 Å². The van der Waals surface area contributed by atoms with Crippen molar-refractivity contribution in [1.29, 1.82) is 0 Å². The molecule has 0 radical (unpaired) electrons. The number of hydrogen-bond donors (Lipinski definition) is 1. The molecule has 1 amide bonds. The topological polar surface area (TPSA) is 29.1 Å². The Bertz CT molecular complexity index is 371. The molecule has 0 heterocycles. The number of benzene rings is 1. The second-order valence-corrected chi connectivity index (χ2v) is 5.41. The first-order valence-electron chi connectivity index (χ1n) is 6.77. The molecule has 1 aliphatic carbocycles. The molecule has 0 spiro atoms. The summed E-state index contributed by atoms with van der Waals surface area (Å²) >= 11 is 6.20. The Balaban J connectivity index is 1.90. The van der Waals surface area contributed by atoms with Crippen molar-refractivity contribution >= 4 is 17.5 Å². The Morgan fingerprint density at radius 1 is 1.11 bits per heavy atom. The lowest BCUT2D eigenvalue weighted by atomic mass is 10.1. The van der Waals surface area contributed by atoms with Crippen LogP contribution in [0.15, 0.2) is 30.3 Å². The largest absolute Gasteiger partial charge is 0.352 e. The summed E-state index contributed by atoms with van der Waals surface area (Å²) in [5, 5.41) is 2.51. The van der Waals surface area contributed by atoms with E-state index in [1.165, 1.54) is 25.7 Å². The van der Waals surface area contributed by atoms with Gasteiger partial charge in [0, 0.05) is 6.04 Å². The minimum atomic E-state index is -0.575. The minimum Gasteiger partial charge on any atom is -0.352 e. The lowest BCUT2D eigenvalue weighted by Crippen LogP contribution is -2.36. The van der Waals surface area contributed by atoms with Gasteiger partial charge in [0.05, 0.1) is 0 Å². The van der Waals surface area contributed by atoms with E-state index >= 15 is 0 Å². The Hall–Kier alpha value is -1.02. The molecule has 0 aliphatic heterocycles. The van der Waals surface area contributed by atoms with Crippen molar-refractivity contribution in [2.45, 2.75) is 49.9 Å². The molecule has 1 fully saturated rings. The summed E-state index contributed by atoms with van der Waals surface area (Å²) in [6.07, 6.45) is 7.17. The quantitative estimate of drug-likeness (QED) is 0.654. The van der Waals surface area contributed by atoms with E-state index in [0.717, 1.165) is 18.4 Å². The zero-order chi connectivity index (χ0) is 12.8. The zero-order valence-corrected chi connectivity index (χ0v) is 11.3. The van der Waals surface area contributed by atoms with E-state index in [2.05, 4.69) is 5.32 Å². The predicted octanol–water partition coefficient (Wildman–Crippen LogP) is 3.81. The third kappa shape index (κ3) is 3.74. The molecule has 18 heavy (non-hydrogen) atoms. The van der Waals surface area contributed by atoms with Gasteiger partial charge in [-0.2, -0.15) is 0 Å². The van der Waals surface area contributed by atoms with Crippen molar-refractivity contribution in [3.63, 3.8) is 0 Å². The van der Waals surface area contributed by atoms with Gasteiger partial charge in [0.25, 0.3) is 0 Å². The molecule has 2 rings (SSSR count). The molecule has 0 aromatic heterocycles. The number of hydrogen-bond acceptors (Lipinski definition) is 1. The molecular weight excluding hydrogens is 246 g/mol. The van der Waals surface area contributed by atoms with Gasteiger partial charge in [-0.05, 0) is 18.4 Å². The maximum absolute atomic E-state index is 12.1. The standard InChI is InChI=1S/C15H20ClNO/c16-14(12-8-4-3-5-9-12)15(18)17-13-10-6-1-2-7-11-13/h3-5,8-9,13-14H,1-2,6-7,10-11H2,(H,17,18)/t14-/m0/s1. The highest BCUT2D eigenvalue weighted by Gasteiger charge is 2.21. The first-order valence-corrected chi connectivity index (χ1v) is 7.20. The molecular formula is C15H20ClNO. The van der Waals surface area contributed by atoms with Crippen molar-refractivity contribution in [2.75, 3.05) is 0 Å². The van der Waals surface area contributed by atoms with Crippen LogP contribution in [-0.4, -0.2) is 11.9 Å². The summed E-state index contributed by atoms with van der Waals surface area (Å²) in [4.78, 5) is 12.1. The van der Waals surface area contributed by atoms with Gasteiger partial charge in [0.2, 0.25) is 5.91 Å². The van der Waals surface area contributed by atoms with E-state index in [-0.39, 0.29) is 5.91 Å². The van der Waals surface area contributed by atoms with Crippen molar-refractivity contribution < 1.29 is 4.79 Å². The van der Waals surface area contributed by atoms with Crippen LogP contribution in [0.25, 0.3) is 0 Å². The highest BCUT2D eigenvalue weighted by molar-refractivity contribution is 6.30. The number of nitrogens with one attached hydrogen (secondary N) is 1. The fraction of sp³-hybridized carbons (Fsp3) is 0.533. The molecule has 1 aliphatic rings. The van der Waals surface area contributed by atoms with Gasteiger partial charge in [-0.25, -0.2) is 0 Å². The summed E-state index contributed by atoms with van der Waals surface area (Å²) in [5.74, 6) is -0.0604. The predicted molar refractivity (Wildman–Crippen MR) is 74.7 cm³/mol. The number of rotatable bonds is 3. The van der Waals surface area contributed by atoms with Gasteiger partial charge in [-0.3, -0.25) is 4.79 Å². The molecule has 1 saturated carbocycles. The third-order valence-electron chi connectivity index (χ3n) is 3.52. The summed E-state index contributed by atoms with van der Waals surface area (Å²) in [7, 11) is 0. The molecule has 1 N–H and O–H groups in total. The average molecular weight is 266 g/mol. The second kappa shape index (κ2) is 6.79. The Morgan fingerprint density at radius 2 is 1.72 bits per heavy atom. The molecule has 2 nitrogen and oxygen atoms in total. The second-order valence-electron chi connectivity index (χ2n) is 4.97. The van der Waals surface area contributed by atoms with Gasteiger partial charge in [-0.15, -0.1) is 11.6 Å². The van der Waals surface area contributed by atoms with E-state index in [9.17, 15) is 4.79 Å². The lowest BCUT2D eigenvalue weighted by molar-refractivity contribution is -0.121. The Kier molecular flexibility index (Phi) is 5.06. The number of halogens is 1. The van der Waals surface area contributed by atoms with Crippen LogP contribution in [-0.2, 0) is 4.79 Å². The maximum Gasteiger partial charge on any atom is 0.242 e. The summed E-state index contributed by atoms with van der Waals surface area (Å²) in [6.45, 7) is 0. The van der Waals surface area contributed by atoms with Gasteiger partial charge in [0.15, 0.2) is 0 Å². The number of carbonyl (C=O) groups excluding carboxylic acids is 1. The highest BCUT2D eigenvalue weighted by Crippen LogP contribution is 2.22. The first-order chi connectivity index (χ1) is 8.77. The third-order valence-corrected chi connectivity index (χ3v) is 3.97. The van der Waals surface area contributed by atoms with Crippen molar-refractivity contribution in [3.05, 3.63) is 35.9 Å². The number of amides is 1. The van der Waals surface area contributed by atoms with E-state index < -0.39 is 5.38 Å². The molecule has 1 atom stereocenters. The fourth-order valence-corrected chi connectivity index (χ4v) is 2.68. The SMILES string of the molecule is O=C(NC1CCCCCC1)[C@@H](Cl)c1ccccc1. The van der Waals surface area contributed by atoms with Crippen LogP contribution in [0.1, 0.15) is 49.5 Å². The van der Waals surface area contributed by atoms with Crippen LogP contribution in [0.3, 0.4) is 0 Å². The molecule has 0 unspecified atom stereocenters. The Labute approximate surface area is 114 Å². The normalized spacial score (nSPS) is 18.9. The molecule has 0 saturated heterocycles. The van der Waals surface area contributed by atoms with Crippen LogP contribution in [0, 0.1) is 0 Å². The van der Waals surface area contributed by atoms with E-state index in [1.807, 2.05) is 30.3 Å². The Morgan fingerprint density at radius 3 is 2.33 bits per heavy atom. The lowest BCUT2D eigenvalue weighted by Gasteiger charge is -2.18. The highest BCUT2D eigenvalue weighted by atomic mass is 35.5. The smallest absolute Gasteiger partial charge is 0.242 e. The van der Waals surface area contributed by atoms with E-state index in [1.54, 1.807) is 0 Å². The van der Waals surface area contributed by atoms with Crippen LogP contribution in [0.4, 0.5) is 0 Å². The average Bonchev–Trinajstić information content (AvgIpc) is 2.67. The van der Waals surface area contributed by atoms with Gasteiger partial charge in [-0.1, -0.05) is 56.0 Å². The van der Waals surface area contributed by atoms with Gasteiger partial charge in [0.1, 0.15) is 5.38 Å². The first kappa shape index (κ1) is 13.4. The number of alkyl halides is 1. The van der Waals surface area contributed by atoms with Gasteiger partial charge < -0.3 is 5.32 Å². The maximum atomic E-state index is 12.1. The zero-order valence-electron chi connectivity index (χ0n) is 10.6. The van der Waals surface area contributed by atoms with Gasteiger partial charge >= 0.3 is 0 Å². The molecule has 0 bridgehead atoms. The van der Waals surface area contributed by atoms with Crippen LogP contribution < -0.4 is 5.32 Å². The molecule has 98 valence electrons. The van der Waals surface area contributed by atoms with Crippen molar-refractivity contribution in [3.8, 4) is 0 Å². The summed E-state index contributed by atoms with van der Waals surface area (Å²) < 4.78 is 0. The van der Waals surface area contributed by atoms with E-state index in [0.29, 0.717) is 6.04 Å². The van der Waals surface area contributed by atoms with Crippen molar-refractivity contribution in [2.24, 2.45) is 0 Å². The molecule has 1 aromatic rings. The number of carbonyl (C=O) groups is 1. The van der Waals surface area contributed by atoms with E-state index in [4.69, 9.17) is 11.6 Å². The van der Waals surface area contributed by atoms with Crippen molar-refractivity contribution in [1.82, 2.24) is 5.32 Å². The minimum absolute atomic E-state index is 0.0604.